The molecule has 2 saturated carbocycles. The minimum atomic E-state index is -4.70. The largest absolute Gasteiger partial charge is 0.573 e. The molecule has 0 radical (unpaired) electrons. The van der Waals surface area contributed by atoms with Gasteiger partial charge in [-0.25, -0.2) is 4.79 Å². The van der Waals surface area contributed by atoms with Crippen LogP contribution in [0.25, 0.3) is 0 Å². The summed E-state index contributed by atoms with van der Waals surface area (Å²) in [5.41, 5.74) is 0.550. The van der Waals surface area contributed by atoms with E-state index >= 15 is 0 Å². The molecule has 30 heavy (non-hydrogen) atoms. The number of alkyl carbamates (subject to hydrolysis) is 1. The molecule has 6 nitrogen and oxygen atoms in total. The Hall–Kier alpha value is -2.45. The van der Waals surface area contributed by atoms with Crippen LogP contribution in [0.15, 0.2) is 24.3 Å². The Bertz CT molecular complexity index is 836. The van der Waals surface area contributed by atoms with Crippen molar-refractivity contribution in [3.63, 3.8) is 0 Å². The predicted molar refractivity (Wildman–Crippen MR) is 101 cm³/mol. The van der Waals surface area contributed by atoms with Crippen molar-refractivity contribution in [3.8, 4) is 5.75 Å². The Balaban J connectivity index is 1.31. The summed E-state index contributed by atoms with van der Waals surface area (Å²) in [6.07, 6.45) is -2.27. The number of likely N-dealkylation sites (tertiary alicyclic amines) is 1. The summed E-state index contributed by atoms with van der Waals surface area (Å²) in [6.45, 7) is 3.20. The molecule has 1 aliphatic heterocycles. The van der Waals surface area contributed by atoms with E-state index in [9.17, 15) is 22.8 Å². The van der Waals surface area contributed by atoms with Crippen LogP contribution in [-0.2, 0) is 14.9 Å². The van der Waals surface area contributed by atoms with E-state index in [1.807, 2.05) is 11.8 Å². The van der Waals surface area contributed by atoms with E-state index in [4.69, 9.17) is 0 Å². The Labute approximate surface area is 172 Å². The van der Waals surface area contributed by atoms with E-state index in [1.165, 1.54) is 19.2 Å². The summed E-state index contributed by atoms with van der Waals surface area (Å²) in [6, 6.07) is 6.12. The van der Waals surface area contributed by atoms with Gasteiger partial charge < -0.3 is 19.7 Å². The van der Waals surface area contributed by atoms with E-state index < -0.39 is 18.0 Å². The van der Waals surface area contributed by atoms with Gasteiger partial charge >= 0.3 is 12.5 Å². The lowest BCUT2D eigenvalue weighted by Crippen LogP contribution is -2.59. The summed E-state index contributed by atoms with van der Waals surface area (Å²) in [7, 11) is 1.31. The maximum absolute atomic E-state index is 12.9. The first-order chi connectivity index (χ1) is 14.0. The Morgan fingerprint density at radius 3 is 2.40 bits per heavy atom. The fourth-order valence-corrected chi connectivity index (χ4v) is 5.16. The zero-order valence-corrected chi connectivity index (χ0v) is 16.9. The second-order valence-electron chi connectivity index (χ2n) is 8.95. The van der Waals surface area contributed by atoms with Gasteiger partial charge in [0.05, 0.1) is 7.11 Å². The van der Waals surface area contributed by atoms with Gasteiger partial charge in [-0.15, -0.1) is 13.2 Å². The van der Waals surface area contributed by atoms with Crippen LogP contribution in [0.3, 0.4) is 0 Å². The van der Waals surface area contributed by atoms with Crippen LogP contribution < -0.4 is 10.1 Å². The number of rotatable bonds is 4. The highest BCUT2D eigenvalue weighted by Gasteiger charge is 2.59. The first kappa shape index (κ1) is 20.8. The van der Waals surface area contributed by atoms with Crippen molar-refractivity contribution in [2.75, 3.05) is 20.2 Å². The summed E-state index contributed by atoms with van der Waals surface area (Å²) in [5, 5.41) is 2.78. The molecule has 2 amide bonds. The monoisotopic (exact) mass is 426 g/mol. The Kier molecular flexibility index (Phi) is 4.90. The van der Waals surface area contributed by atoms with Gasteiger partial charge in [-0.05, 0) is 56.2 Å². The smallest absolute Gasteiger partial charge is 0.453 e. The van der Waals surface area contributed by atoms with Gasteiger partial charge in [-0.1, -0.05) is 12.1 Å². The van der Waals surface area contributed by atoms with E-state index in [2.05, 4.69) is 14.8 Å². The number of piperidine rings is 1. The molecule has 2 aliphatic carbocycles. The number of ether oxygens (including phenoxy) is 2. The van der Waals surface area contributed by atoms with Gasteiger partial charge in [0.25, 0.3) is 0 Å². The van der Waals surface area contributed by atoms with Gasteiger partial charge in [0, 0.05) is 30.0 Å². The summed E-state index contributed by atoms with van der Waals surface area (Å²) < 4.78 is 45.6. The zero-order chi connectivity index (χ0) is 21.7. The molecule has 3 fully saturated rings. The summed E-state index contributed by atoms with van der Waals surface area (Å²) in [4.78, 5) is 26.2. The van der Waals surface area contributed by atoms with Crippen LogP contribution in [0.2, 0.25) is 0 Å². The van der Waals surface area contributed by atoms with Gasteiger partial charge in [0.2, 0.25) is 5.91 Å². The Morgan fingerprint density at radius 1 is 1.17 bits per heavy atom. The number of amides is 2. The highest BCUT2D eigenvalue weighted by atomic mass is 19.4. The molecule has 1 aromatic rings. The molecule has 1 saturated heterocycles. The molecular formula is C21H25F3N2O4. The van der Waals surface area contributed by atoms with Gasteiger partial charge in [-0.2, -0.15) is 0 Å². The molecule has 0 spiro atoms. The number of alkyl halides is 3. The quantitative estimate of drug-likeness (QED) is 0.799. The third-order valence-electron chi connectivity index (χ3n) is 6.81. The van der Waals surface area contributed by atoms with Crippen molar-refractivity contribution < 1.29 is 32.2 Å². The predicted octanol–water partition coefficient (Wildman–Crippen LogP) is 3.60. The lowest BCUT2D eigenvalue weighted by molar-refractivity contribution is -0.274. The number of nitrogens with one attached hydrogen (secondary N) is 1. The summed E-state index contributed by atoms with van der Waals surface area (Å²) in [5.74, 6) is 0.121. The second kappa shape index (κ2) is 7.06. The minimum Gasteiger partial charge on any atom is -0.453 e. The number of carbonyl (C=O) groups excluding carboxylic acids is 2. The SMILES string of the molecule is COC(=O)NC1(C)CC(C(=O)N2CCC3(c4ccc(OC(F)(F)F)cc4)CC3C2)C1. The number of halogens is 3. The highest BCUT2D eigenvalue weighted by molar-refractivity contribution is 5.81. The molecular weight excluding hydrogens is 401 g/mol. The van der Waals surface area contributed by atoms with Crippen molar-refractivity contribution in [2.24, 2.45) is 11.8 Å². The average Bonchev–Trinajstić information content (AvgIpc) is 3.39. The maximum atomic E-state index is 12.9. The minimum absolute atomic E-state index is 0.0475. The van der Waals surface area contributed by atoms with Crippen LogP contribution in [0, 0.1) is 11.8 Å². The third-order valence-corrected chi connectivity index (χ3v) is 6.81. The van der Waals surface area contributed by atoms with E-state index in [1.54, 1.807) is 12.1 Å². The fraction of sp³-hybridized carbons (Fsp3) is 0.619. The molecule has 4 rings (SSSR count). The maximum Gasteiger partial charge on any atom is 0.573 e. The van der Waals surface area contributed by atoms with Gasteiger partial charge in [0.15, 0.2) is 0 Å². The van der Waals surface area contributed by atoms with Crippen LogP contribution in [0.1, 0.15) is 38.2 Å². The number of benzene rings is 1. The summed E-state index contributed by atoms with van der Waals surface area (Å²) >= 11 is 0. The first-order valence-corrected chi connectivity index (χ1v) is 10.0. The van der Waals surface area contributed by atoms with Crippen LogP contribution in [0.5, 0.6) is 5.75 Å². The molecule has 2 atom stereocenters. The Morgan fingerprint density at radius 2 is 1.83 bits per heavy atom. The number of hydrogen-bond acceptors (Lipinski definition) is 4. The first-order valence-electron chi connectivity index (χ1n) is 10.0. The zero-order valence-electron chi connectivity index (χ0n) is 16.9. The van der Waals surface area contributed by atoms with Crippen molar-refractivity contribution in [3.05, 3.63) is 29.8 Å². The number of methoxy groups -OCH3 is 1. The molecule has 2 unspecified atom stereocenters. The molecule has 164 valence electrons. The number of hydrogen-bond donors (Lipinski definition) is 1. The highest BCUT2D eigenvalue weighted by Crippen LogP contribution is 2.59. The molecule has 9 heteroatoms. The van der Waals surface area contributed by atoms with Crippen molar-refractivity contribution in [1.82, 2.24) is 10.2 Å². The third kappa shape index (κ3) is 3.94. The number of carbonyl (C=O) groups is 2. The topological polar surface area (TPSA) is 67.9 Å². The van der Waals surface area contributed by atoms with Crippen molar-refractivity contribution in [1.29, 1.82) is 0 Å². The van der Waals surface area contributed by atoms with Crippen molar-refractivity contribution >= 4 is 12.0 Å². The fourth-order valence-electron chi connectivity index (χ4n) is 5.16. The number of nitrogens with zero attached hydrogens (tertiary/aromatic N) is 1. The van der Waals surface area contributed by atoms with Crippen LogP contribution >= 0.6 is 0 Å². The molecule has 0 aromatic heterocycles. The van der Waals surface area contributed by atoms with Crippen molar-refractivity contribution in [2.45, 2.75) is 49.9 Å². The van der Waals surface area contributed by atoms with Crippen LogP contribution in [-0.4, -0.2) is 49.0 Å². The average molecular weight is 426 g/mol. The second-order valence-corrected chi connectivity index (χ2v) is 8.95. The van der Waals surface area contributed by atoms with Crippen LogP contribution in [0.4, 0.5) is 18.0 Å². The lowest BCUT2D eigenvalue weighted by atomic mass is 9.68. The molecule has 3 aliphatic rings. The number of fused-ring (bicyclic) bond motifs is 1. The van der Waals surface area contributed by atoms with E-state index in [0.29, 0.717) is 31.8 Å². The van der Waals surface area contributed by atoms with Gasteiger partial charge in [0.1, 0.15) is 5.75 Å². The molecule has 1 aromatic carbocycles. The standard InChI is InChI=1S/C21H25F3N2O4/c1-19(25-18(28)29-2)9-13(10-19)17(27)26-8-7-20(11-15(20)12-26)14-3-5-16(6-4-14)30-21(22,23)24/h3-6,13,15H,7-12H2,1-2H3,(H,25,28). The van der Waals surface area contributed by atoms with E-state index in [0.717, 1.165) is 18.4 Å². The normalized spacial score (nSPS) is 32.5. The molecule has 1 N–H and O–H groups in total. The van der Waals surface area contributed by atoms with E-state index in [-0.39, 0.29) is 23.0 Å². The molecule has 0 bridgehead atoms. The molecule has 1 heterocycles. The lowest BCUT2D eigenvalue weighted by Gasteiger charge is -2.46. The van der Waals surface area contributed by atoms with Gasteiger partial charge in [-0.3, -0.25) is 4.79 Å².